The van der Waals surface area contributed by atoms with E-state index < -0.39 is 0 Å². The van der Waals surface area contributed by atoms with Crippen molar-refractivity contribution in [3.05, 3.63) is 86.5 Å². The summed E-state index contributed by atoms with van der Waals surface area (Å²) in [5.74, 6) is 0.562. The van der Waals surface area contributed by atoms with Crippen molar-refractivity contribution in [1.82, 2.24) is 10.6 Å². The van der Waals surface area contributed by atoms with Crippen LogP contribution < -0.4 is 10.6 Å². The van der Waals surface area contributed by atoms with Gasteiger partial charge in [-0.1, -0.05) is 54.4 Å². The van der Waals surface area contributed by atoms with Crippen LogP contribution in [0.4, 0.5) is 0 Å². The molecule has 2 aliphatic rings. The molecule has 1 aliphatic heterocycles. The third kappa shape index (κ3) is 4.06. The van der Waals surface area contributed by atoms with Gasteiger partial charge >= 0.3 is 0 Å². The summed E-state index contributed by atoms with van der Waals surface area (Å²) < 4.78 is 0. The Morgan fingerprint density at radius 3 is 2.26 bits per heavy atom. The van der Waals surface area contributed by atoms with Crippen molar-refractivity contribution in [3.63, 3.8) is 0 Å². The van der Waals surface area contributed by atoms with Crippen LogP contribution in [0.3, 0.4) is 0 Å². The van der Waals surface area contributed by atoms with Crippen LogP contribution in [0, 0.1) is 5.92 Å². The maximum atomic E-state index is 6.08. The van der Waals surface area contributed by atoms with Crippen molar-refractivity contribution in [2.24, 2.45) is 5.92 Å². The molecule has 0 fully saturated rings. The molecule has 0 amide bonds. The number of hydrogen-bond donors (Lipinski definition) is 2. The predicted molar refractivity (Wildman–Crippen MR) is 118 cm³/mol. The summed E-state index contributed by atoms with van der Waals surface area (Å²) in [6.07, 6.45) is 4.29. The largest absolute Gasteiger partial charge is 0.352 e. The highest BCUT2D eigenvalue weighted by Gasteiger charge is 2.32. The fourth-order valence-electron chi connectivity index (χ4n) is 3.85. The van der Waals surface area contributed by atoms with E-state index in [1.807, 2.05) is 36.4 Å². The number of allylic oxidation sites excluding steroid dienone is 1. The second-order valence-electron chi connectivity index (χ2n) is 7.22. The molecule has 2 nitrogen and oxygen atoms in total. The predicted octanol–water partition coefficient (Wildman–Crippen LogP) is 6.28. The first-order valence-electron chi connectivity index (χ1n) is 9.02. The average molecular weight is 415 g/mol. The van der Waals surface area contributed by atoms with Gasteiger partial charge in [-0.2, -0.15) is 0 Å². The van der Waals surface area contributed by atoms with Gasteiger partial charge in [0.15, 0.2) is 5.11 Å². The molecule has 1 heterocycles. The summed E-state index contributed by atoms with van der Waals surface area (Å²) in [7, 11) is 0. The minimum Gasteiger partial charge on any atom is -0.352 e. The molecular weight excluding hydrogens is 395 g/mol. The van der Waals surface area contributed by atoms with Crippen molar-refractivity contribution >= 4 is 46.6 Å². The van der Waals surface area contributed by atoms with E-state index >= 15 is 0 Å². The molecule has 0 radical (unpaired) electrons. The van der Waals surface area contributed by atoms with Gasteiger partial charge in [-0.25, -0.2) is 0 Å². The summed E-state index contributed by atoms with van der Waals surface area (Å²) in [5.41, 5.74) is 6.12. The SMILES string of the molecule is C[C@H]1CC2=C(NC(=S)N[C@H]2c2ccc(Cl)cc2)/C(=C/c2ccc(Cl)cc2)C1. The topological polar surface area (TPSA) is 24.1 Å². The van der Waals surface area contributed by atoms with E-state index in [-0.39, 0.29) is 6.04 Å². The molecule has 0 bridgehead atoms. The van der Waals surface area contributed by atoms with E-state index in [9.17, 15) is 0 Å². The molecule has 2 aromatic carbocycles. The van der Waals surface area contributed by atoms with Crippen molar-refractivity contribution in [3.8, 4) is 0 Å². The molecule has 0 unspecified atom stereocenters. The summed E-state index contributed by atoms with van der Waals surface area (Å²) in [5, 5.41) is 9.00. The van der Waals surface area contributed by atoms with Gasteiger partial charge in [-0.3, -0.25) is 0 Å². The Morgan fingerprint density at radius 1 is 0.963 bits per heavy atom. The molecule has 5 heteroatoms. The lowest BCUT2D eigenvalue weighted by atomic mass is 9.78. The molecule has 138 valence electrons. The molecule has 4 rings (SSSR count). The zero-order valence-corrected chi connectivity index (χ0v) is 17.3. The van der Waals surface area contributed by atoms with Crippen LogP contribution in [-0.4, -0.2) is 5.11 Å². The van der Waals surface area contributed by atoms with Gasteiger partial charge in [0.1, 0.15) is 0 Å². The van der Waals surface area contributed by atoms with E-state index in [1.54, 1.807) is 0 Å². The van der Waals surface area contributed by atoms with Crippen LogP contribution in [-0.2, 0) is 0 Å². The highest BCUT2D eigenvalue weighted by Crippen LogP contribution is 2.41. The normalized spacial score (nSPS) is 23.7. The lowest BCUT2D eigenvalue weighted by molar-refractivity contribution is 0.500. The first kappa shape index (κ1) is 18.5. The average Bonchev–Trinajstić information content (AvgIpc) is 2.64. The third-order valence-corrected chi connectivity index (χ3v) is 5.78. The molecule has 2 aromatic rings. The molecule has 1 aliphatic carbocycles. The molecule has 0 saturated carbocycles. The Bertz CT molecular complexity index is 930. The number of rotatable bonds is 2. The number of benzene rings is 2. The van der Waals surface area contributed by atoms with Crippen LogP contribution >= 0.6 is 35.4 Å². The van der Waals surface area contributed by atoms with Gasteiger partial charge in [0.05, 0.1) is 6.04 Å². The minimum absolute atomic E-state index is 0.0717. The van der Waals surface area contributed by atoms with E-state index in [2.05, 4.69) is 35.8 Å². The monoisotopic (exact) mass is 414 g/mol. The van der Waals surface area contributed by atoms with Crippen molar-refractivity contribution in [1.29, 1.82) is 0 Å². The Labute approximate surface area is 175 Å². The second kappa shape index (κ2) is 7.67. The maximum absolute atomic E-state index is 6.08. The van der Waals surface area contributed by atoms with Crippen LogP contribution in [0.25, 0.3) is 6.08 Å². The molecule has 0 aromatic heterocycles. The minimum atomic E-state index is 0.0717. The van der Waals surface area contributed by atoms with Crippen LogP contribution in [0.5, 0.6) is 0 Å². The Balaban J connectivity index is 1.78. The number of hydrogen-bond acceptors (Lipinski definition) is 1. The molecule has 0 saturated heterocycles. The van der Waals surface area contributed by atoms with Gasteiger partial charge in [0, 0.05) is 15.7 Å². The van der Waals surface area contributed by atoms with Crippen LogP contribution in [0.15, 0.2) is 65.4 Å². The summed E-state index contributed by atoms with van der Waals surface area (Å²) in [6.45, 7) is 2.30. The first-order chi connectivity index (χ1) is 13.0. The van der Waals surface area contributed by atoms with Gasteiger partial charge in [0.25, 0.3) is 0 Å². The van der Waals surface area contributed by atoms with E-state index in [4.69, 9.17) is 35.4 Å². The summed E-state index contributed by atoms with van der Waals surface area (Å²) in [4.78, 5) is 0. The lowest BCUT2D eigenvalue weighted by Crippen LogP contribution is -2.45. The van der Waals surface area contributed by atoms with Gasteiger partial charge in [0.2, 0.25) is 0 Å². The second-order valence-corrected chi connectivity index (χ2v) is 8.50. The molecule has 27 heavy (non-hydrogen) atoms. The standard InChI is InChI=1S/C22H20Cl2N2S/c1-13-10-16(12-14-2-6-17(23)7-3-14)21-19(11-13)20(25-22(27)26-21)15-4-8-18(24)9-5-15/h2-9,12-13,20H,10-11H2,1H3,(H2,25,26,27)/b16-12+/t13-,20+/m1/s1. The Hall–Kier alpha value is -1.81. The fourth-order valence-corrected chi connectivity index (χ4v) is 4.33. The zero-order valence-electron chi connectivity index (χ0n) is 14.9. The van der Waals surface area contributed by atoms with Crippen molar-refractivity contribution in [2.75, 3.05) is 0 Å². The van der Waals surface area contributed by atoms with Crippen LogP contribution in [0.2, 0.25) is 10.0 Å². The molecule has 0 spiro atoms. The highest BCUT2D eigenvalue weighted by atomic mass is 35.5. The Kier molecular flexibility index (Phi) is 5.27. The van der Waals surface area contributed by atoms with Gasteiger partial charge in [-0.05, 0) is 83.6 Å². The van der Waals surface area contributed by atoms with Gasteiger partial charge in [-0.15, -0.1) is 0 Å². The highest BCUT2D eigenvalue weighted by molar-refractivity contribution is 7.80. The third-order valence-electron chi connectivity index (χ3n) is 5.06. The van der Waals surface area contributed by atoms with Gasteiger partial charge < -0.3 is 10.6 Å². The van der Waals surface area contributed by atoms with Crippen molar-refractivity contribution in [2.45, 2.75) is 25.8 Å². The fraction of sp³-hybridized carbons (Fsp3) is 0.227. The molecule has 2 N–H and O–H groups in total. The maximum Gasteiger partial charge on any atom is 0.171 e. The van der Waals surface area contributed by atoms with Crippen LogP contribution in [0.1, 0.15) is 36.9 Å². The zero-order chi connectivity index (χ0) is 19.0. The van der Waals surface area contributed by atoms with Crippen molar-refractivity contribution < 1.29 is 0 Å². The number of halogens is 2. The molecule has 2 atom stereocenters. The number of thiocarbonyl (C=S) groups is 1. The van der Waals surface area contributed by atoms with E-state index in [0.29, 0.717) is 11.0 Å². The van der Waals surface area contributed by atoms with E-state index in [0.717, 1.165) is 34.1 Å². The quantitative estimate of drug-likeness (QED) is 0.565. The molecular formula is C22H20Cl2N2S. The summed E-state index contributed by atoms with van der Waals surface area (Å²) >= 11 is 17.6. The van der Waals surface area contributed by atoms with E-state index in [1.165, 1.54) is 16.7 Å². The summed E-state index contributed by atoms with van der Waals surface area (Å²) in [6, 6.07) is 16.0. The first-order valence-corrected chi connectivity index (χ1v) is 10.2. The smallest absolute Gasteiger partial charge is 0.171 e. The Morgan fingerprint density at radius 2 is 1.59 bits per heavy atom. The lowest BCUT2D eigenvalue weighted by Gasteiger charge is -2.38. The number of nitrogens with one attached hydrogen (secondary N) is 2.